The van der Waals surface area contributed by atoms with Gasteiger partial charge in [0.2, 0.25) is 0 Å². The van der Waals surface area contributed by atoms with Crippen LogP contribution < -0.4 is 0 Å². The van der Waals surface area contributed by atoms with Gasteiger partial charge in [-0.3, -0.25) is 9.59 Å². The summed E-state index contributed by atoms with van der Waals surface area (Å²) in [7, 11) is 0. The molecule has 0 unspecified atom stereocenters. The lowest BCUT2D eigenvalue weighted by Gasteiger charge is -2.01. The van der Waals surface area contributed by atoms with Crippen LogP contribution >= 0.6 is 0 Å². The van der Waals surface area contributed by atoms with Crippen LogP contribution in [0.2, 0.25) is 0 Å². The second kappa shape index (κ2) is 3.04. The fourth-order valence-corrected chi connectivity index (χ4v) is 0.826. The van der Waals surface area contributed by atoms with Crippen molar-refractivity contribution >= 4 is 12.6 Å². The van der Waals surface area contributed by atoms with Crippen molar-refractivity contribution in [2.24, 2.45) is 0 Å². The normalized spacial score (nSPS) is 9.33. The number of hydrogen-bond acceptors (Lipinski definition) is 4. The standard InChI is InChI=1S/C8H6O4/c9-3-5-1-2-7(11)6(4-10)8(5)12/h1-4,11-12H. The third-order valence-electron chi connectivity index (χ3n) is 1.47. The second-order valence-corrected chi connectivity index (χ2v) is 2.17. The van der Waals surface area contributed by atoms with Crippen LogP contribution in [0.25, 0.3) is 0 Å². The Morgan fingerprint density at radius 1 is 1.08 bits per heavy atom. The molecule has 0 amide bonds. The fourth-order valence-electron chi connectivity index (χ4n) is 0.826. The average molecular weight is 166 g/mol. The van der Waals surface area contributed by atoms with Gasteiger partial charge in [0.05, 0.1) is 11.1 Å². The Morgan fingerprint density at radius 3 is 2.25 bits per heavy atom. The molecule has 0 saturated heterocycles. The van der Waals surface area contributed by atoms with E-state index in [9.17, 15) is 9.59 Å². The summed E-state index contributed by atoms with van der Waals surface area (Å²) in [6.45, 7) is 0. The van der Waals surface area contributed by atoms with Gasteiger partial charge < -0.3 is 10.2 Å². The molecule has 0 fully saturated rings. The summed E-state index contributed by atoms with van der Waals surface area (Å²) < 4.78 is 0. The second-order valence-electron chi connectivity index (χ2n) is 2.17. The SMILES string of the molecule is O=Cc1ccc(O)c(C=O)c1O. The van der Waals surface area contributed by atoms with Gasteiger partial charge in [-0.15, -0.1) is 0 Å². The van der Waals surface area contributed by atoms with Gasteiger partial charge in [-0.05, 0) is 12.1 Å². The van der Waals surface area contributed by atoms with Crippen LogP contribution in [0, 0.1) is 0 Å². The van der Waals surface area contributed by atoms with Crippen LogP contribution in [0.1, 0.15) is 20.7 Å². The van der Waals surface area contributed by atoms with E-state index in [4.69, 9.17) is 10.2 Å². The number of hydrogen-bond donors (Lipinski definition) is 2. The Balaban J connectivity index is 3.43. The molecule has 0 heterocycles. The number of carbonyl (C=O) groups is 2. The maximum Gasteiger partial charge on any atom is 0.157 e. The van der Waals surface area contributed by atoms with E-state index in [0.29, 0.717) is 6.29 Å². The Labute approximate surface area is 68.1 Å². The summed E-state index contributed by atoms with van der Waals surface area (Å²) in [5, 5.41) is 18.2. The minimum Gasteiger partial charge on any atom is -0.507 e. The van der Waals surface area contributed by atoms with E-state index < -0.39 is 5.75 Å². The number of benzene rings is 1. The first-order valence-corrected chi connectivity index (χ1v) is 3.16. The average Bonchev–Trinajstić information content (AvgIpc) is 2.06. The number of carbonyl (C=O) groups excluding carboxylic acids is 2. The molecule has 0 aliphatic carbocycles. The minimum absolute atomic E-state index is 0.0186. The van der Waals surface area contributed by atoms with Crippen molar-refractivity contribution in [1.29, 1.82) is 0 Å². The molecule has 0 saturated carbocycles. The van der Waals surface area contributed by atoms with Crippen molar-refractivity contribution in [3.05, 3.63) is 23.3 Å². The highest BCUT2D eigenvalue weighted by Crippen LogP contribution is 2.27. The van der Waals surface area contributed by atoms with E-state index in [-0.39, 0.29) is 23.2 Å². The van der Waals surface area contributed by atoms with Gasteiger partial charge in [0, 0.05) is 0 Å². The molecule has 2 N–H and O–H groups in total. The molecular weight excluding hydrogens is 160 g/mol. The van der Waals surface area contributed by atoms with Crippen molar-refractivity contribution < 1.29 is 19.8 Å². The molecule has 1 rings (SSSR count). The Morgan fingerprint density at radius 2 is 1.75 bits per heavy atom. The highest BCUT2D eigenvalue weighted by atomic mass is 16.3. The molecule has 1 aromatic carbocycles. The first kappa shape index (κ1) is 8.26. The maximum absolute atomic E-state index is 10.3. The zero-order valence-corrected chi connectivity index (χ0v) is 6.02. The van der Waals surface area contributed by atoms with Crippen molar-refractivity contribution in [3.63, 3.8) is 0 Å². The molecule has 1 aromatic rings. The fraction of sp³-hybridized carbons (Fsp3) is 0. The number of phenols is 2. The van der Waals surface area contributed by atoms with Crippen molar-refractivity contribution in [1.82, 2.24) is 0 Å². The number of aromatic hydroxyl groups is 2. The zero-order chi connectivity index (χ0) is 9.14. The molecule has 0 atom stereocenters. The molecular formula is C8H6O4. The topological polar surface area (TPSA) is 74.6 Å². The highest BCUT2D eigenvalue weighted by molar-refractivity contribution is 5.90. The van der Waals surface area contributed by atoms with Crippen LogP contribution in [0.15, 0.2) is 12.1 Å². The van der Waals surface area contributed by atoms with Gasteiger partial charge in [-0.1, -0.05) is 0 Å². The molecule has 0 aliphatic heterocycles. The van der Waals surface area contributed by atoms with Crippen LogP contribution in [-0.2, 0) is 0 Å². The largest absolute Gasteiger partial charge is 0.507 e. The van der Waals surface area contributed by atoms with Crippen molar-refractivity contribution in [2.75, 3.05) is 0 Å². The van der Waals surface area contributed by atoms with Crippen LogP contribution in [0.3, 0.4) is 0 Å². The van der Waals surface area contributed by atoms with E-state index in [1.807, 2.05) is 0 Å². The quantitative estimate of drug-likeness (QED) is 0.635. The van der Waals surface area contributed by atoms with Gasteiger partial charge >= 0.3 is 0 Å². The lowest BCUT2D eigenvalue weighted by molar-refractivity contribution is 0.111. The molecule has 0 spiro atoms. The van der Waals surface area contributed by atoms with Crippen LogP contribution in [-0.4, -0.2) is 22.8 Å². The molecule has 4 heteroatoms. The number of rotatable bonds is 2. The molecule has 0 radical (unpaired) electrons. The van der Waals surface area contributed by atoms with Gasteiger partial charge in [0.1, 0.15) is 11.5 Å². The van der Waals surface area contributed by atoms with Gasteiger partial charge in [0.25, 0.3) is 0 Å². The molecule has 12 heavy (non-hydrogen) atoms. The monoisotopic (exact) mass is 166 g/mol. The molecule has 62 valence electrons. The van der Waals surface area contributed by atoms with Crippen LogP contribution in [0.5, 0.6) is 11.5 Å². The molecule has 0 bridgehead atoms. The number of phenolic OH excluding ortho intramolecular Hbond substituents is 2. The summed E-state index contributed by atoms with van der Waals surface area (Å²) in [4.78, 5) is 20.5. The predicted molar refractivity (Wildman–Crippen MR) is 40.5 cm³/mol. The van der Waals surface area contributed by atoms with Crippen LogP contribution in [0.4, 0.5) is 0 Å². The van der Waals surface area contributed by atoms with Crippen molar-refractivity contribution in [3.8, 4) is 11.5 Å². The minimum atomic E-state index is -0.486. The first-order chi connectivity index (χ1) is 5.70. The summed E-state index contributed by atoms with van der Waals surface area (Å²) in [6, 6.07) is 2.40. The summed E-state index contributed by atoms with van der Waals surface area (Å²) in [6.07, 6.45) is 0.694. The zero-order valence-electron chi connectivity index (χ0n) is 6.02. The van der Waals surface area contributed by atoms with Gasteiger partial charge in [-0.2, -0.15) is 0 Å². The summed E-state index contributed by atoms with van der Waals surface area (Å²) in [5.74, 6) is -0.826. The third kappa shape index (κ3) is 1.14. The Hall–Kier alpha value is -1.84. The van der Waals surface area contributed by atoms with Crippen molar-refractivity contribution in [2.45, 2.75) is 0 Å². The maximum atomic E-state index is 10.3. The Bertz CT molecular complexity index is 330. The summed E-state index contributed by atoms with van der Waals surface area (Å²) in [5.41, 5.74) is -0.283. The first-order valence-electron chi connectivity index (χ1n) is 3.16. The highest BCUT2D eigenvalue weighted by Gasteiger charge is 2.09. The van der Waals surface area contributed by atoms with Gasteiger partial charge in [0.15, 0.2) is 12.6 Å². The molecule has 0 aliphatic rings. The summed E-state index contributed by atoms with van der Waals surface area (Å²) >= 11 is 0. The van der Waals surface area contributed by atoms with E-state index in [1.54, 1.807) is 0 Å². The smallest absolute Gasteiger partial charge is 0.157 e. The van der Waals surface area contributed by atoms with E-state index >= 15 is 0 Å². The van der Waals surface area contributed by atoms with E-state index in [1.165, 1.54) is 12.1 Å². The lowest BCUT2D eigenvalue weighted by Crippen LogP contribution is -1.88. The number of aldehydes is 2. The predicted octanol–water partition coefficient (Wildman–Crippen LogP) is 0.723. The Kier molecular flexibility index (Phi) is 2.09. The molecule has 0 aromatic heterocycles. The van der Waals surface area contributed by atoms with E-state index in [2.05, 4.69) is 0 Å². The molecule has 4 nitrogen and oxygen atoms in total. The van der Waals surface area contributed by atoms with Gasteiger partial charge in [-0.25, -0.2) is 0 Å². The third-order valence-corrected chi connectivity index (χ3v) is 1.47. The van der Waals surface area contributed by atoms with E-state index in [0.717, 1.165) is 0 Å². The lowest BCUT2D eigenvalue weighted by atomic mass is 10.1.